The van der Waals surface area contributed by atoms with Crippen LogP contribution in [0.25, 0.3) is 0 Å². The Hall–Kier alpha value is -1.76. The van der Waals surface area contributed by atoms with Gasteiger partial charge in [0.25, 0.3) is 0 Å². The molecule has 0 aliphatic rings. The molecule has 0 fully saturated rings. The fourth-order valence-corrected chi connectivity index (χ4v) is 0.710. The highest BCUT2D eigenvalue weighted by atomic mass is 16.4. The minimum Gasteiger partial charge on any atom is -0.480 e. The van der Waals surface area contributed by atoms with Gasteiger partial charge in [-0.15, -0.1) is 10.2 Å². The van der Waals surface area contributed by atoms with Gasteiger partial charge in [-0.25, -0.2) is 0 Å². The smallest absolute Gasteiger partial charge is 0.321 e. The van der Waals surface area contributed by atoms with Gasteiger partial charge in [0.2, 0.25) is 5.91 Å². The number of nitrogens with zero attached hydrogens (tertiary/aromatic N) is 3. The summed E-state index contributed by atoms with van der Waals surface area (Å²) < 4.78 is 1.09. The van der Waals surface area contributed by atoms with E-state index in [0.717, 1.165) is 4.57 Å². The summed E-state index contributed by atoms with van der Waals surface area (Å²) in [5.41, 5.74) is 5.15. The summed E-state index contributed by atoms with van der Waals surface area (Å²) in [7, 11) is 0. The maximum atomic E-state index is 11.2. The number of hydrogen-bond donors (Lipinski definition) is 2. The molecule has 1 heterocycles. The molecule has 0 saturated heterocycles. The number of nitrogens with two attached hydrogens (primary N) is 1. The number of carbonyl (C=O) groups is 2. The standard InChI is InChI=1S/C6H8N4O3/c7-4(6(12)13)1-5(11)10-2-8-9-3-10/h2-4H,1,7H2,(H,12,13)/t4-/m0/s1. The summed E-state index contributed by atoms with van der Waals surface area (Å²) in [5, 5.41) is 15.2. The van der Waals surface area contributed by atoms with Gasteiger partial charge < -0.3 is 10.8 Å². The Morgan fingerprint density at radius 3 is 2.46 bits per heavy atom. The molecule has 1 aromatic rings. The second-order valence-electron chi connectivity index (χ2n) is 2.41. The molecule has 1 rings (SSSR count). The van der Waals surface area contributed by atoms with Gasteiger partial charge in [0.05, 0.1) is 6.42 Å². The zero-order valence-electron chi connectivity index (χ0n) is 6.62. The average molecular weight is 184 g/mol. The highest BCUT2D eigenvalue weighted by Crippen LogP contribution is 1.93. The van der Waals surface area contributed by atoms with Crippen molar-refractivity contribution in [2.24, 2.45) is 5.73 Å². The number of carboxylic acid groups (broad SMARTS) is 1. The lowest BCUT2D eigenvalue weighted by Crippen LogP contribution is -2.33. The lowest BCUT2D eigenvalue weighted by molar-refractivity contribution is -0.138. The summed E-state index contributed by atoms with van der Waals surface area (Å²) in [6, 6.07) is -1.19. The monoisotopic (exact) mass is 184 g/mol. The summed E-state index contributed by atoms with van der Waals surface area (Å²) >= 11 is 0. The molecule has 0 aliphatic carbocycles. The molecule has 0 bridgehead atoms. The minimum atomic E-state index is -1.21. The SMILES string of the molecule is N[C@@H](CC(=O)n1cnnc1)C(=O)O. The summed E-state index contributed by atoms with van der Waals surface area (Å²) in [6.07, 6.45) is 2.11. The Kier molecular flexibility index (Phi) is 2.70. The van der Waals surface area contributed by atoms with E-state index in [-0.39, 0.29) is 6.42 Å². The summed E-state index contributed by atoms with van der Waals surface area (Å²) in [6.45, 7) is 0. The number of aromatic nitrogens is 3. The molecule has 70 valence electrons. The van der Waals surface area contributed by atoms with Crippen molar-refractivity contribution in [3.05, 3.63) is 12.7 Å². The predicted molar refractivity (Wildman–Crippen MR) is 40.9 cm³/mol. The van der Waals surface area contributed by atoms with Gasteiger partial charge in [0.1, 0.15) is 18.7 Å². The van der Waals surface area contributed by atoms with E-state index in [2.05, 4.69) is 10.2 Å². The lowest BCUT2D eigenvalue weighted by atomic mass is 10.2. The van der Waals surface area contributed by atoms with Crippen LogP contribution in [-0.2, 0) is 4.79 Å². The van der Waals surface area contributed by atoms with Gasteiger partial charge in [0, 0.05) is 0 Å². The molecule has 0 aromatic carbocycles. The van der Waals surface area contributed by atoms with Crippen LogP contribution in [0.5, 0.6) is 0 Å². The molecule has 7 heteroatoms. The molecule has 0 radical (unpaired) electrons. The van der Waals surface area contributed by atoms with Gasteiger partial charge in [-0.1, -0.05) is 0 Å². The summed E-state index contributed by atoms with van der Waals surface area (Å²) in [4.78, 5) is 21.4. The van der Waals surface area contributed by atoms with Crippen molar-refractivity contribution < 1.29 is 14.7 Å². The number of aliphatic carboxylic acids is 1. The summed E-state index contributed by atoms with van der Waals surface area (Å²) in [5.74, 6) is -1.65. The Balaban J connectivity index is 2.56. The van der Waals surface area contributed by atoms with Crippen molar-refractivity contribution in [2.75, 3.05) is 0 Å². The van der Waals surface area contributed by atoms with E-state index in [0.29, 0.717) is 0 Å². The molecule has 0 amide bonds. The van der Waals surface area contributed by atoms with Crippen molar-refractivity contribution in [1.29, 1.82) is 0 Å². The maximum Gasteiger partial charge on any atom is 0.321 e. The molecule has 0 unspecified atom stereocenters. The Labute approximate surface area is 73.2 Å². The zero-order valence-corrected chi connectivity index (χ0v) is 6.62. The average Bonchev–Trinajstić information content (AvgIpc) is 2.55. The zero-order chi connectivity index (χ0) is 9.84. The molecule has 0 spiro atoms. The largest absolute Gasteiger partial charge is 0.480 e. The Bertz CT molecular complexity index is 308. The molecule has 7 nitrogen and oxygen atoms in total. The molecular weight excluding hydrogens is 176 g/mol. The normalized spacial score (nSPS) is 12.4. The van der Waals surface area contributed by atoms with E-state index in [1.165, 1.54) is 12.7 Å². The van der Waals surface area contributed by atoms with Gasteiger partial charge in [-0.05, 0) is 0 Å². The van der Waals surface area contributed by atoms with Crippen molar-refractivity contribution in [1.82, 2.24) is 14.8 Å². The first-order chi connectivity index (χ1) is 6.11. The van der Waals surface area contributed by atoms with Crippen molar-refractivity contribution >= 4 is 11.9 Å². The lowest BCUT2D eigenvalue weighted by Gasteiger charge is -2.04. The Morgan fingerprint density at radius 1 is 1.46 bits per heavy atom. The number of carbonyl (C=O) groups excluding carboxylic acids is 1. The highest BCUT2D eigenvalue weighted by molar-refractivity contribution is 5.85. The molecule has 1 atom stereocenters. The fraction of sp³-hybridized carbons (Fsp3) is 0.333. The number of carboxylic acids is 1. The van der Waals surface area contributed by atoms with Crippen LogP contribution < -0.4 is 5.73 Å². The van der Waals surface area contributed by atoms with Crippen LogP contribution in [0.2, 0.25) is 0 Å². The number of rotatable bonds is 3. The molecule has 0 saturated carbocycles. The third-order valence-electron chi connectivity index (χ3n) is 1.42. The van der Waals surface area contributed by atoms with E-state index in [1.807, 2.05) is 0 Å². The van der Waals surface area contributed by atoms with E-state index in [4.69, 9.17) is 10.8 Å². The second-order valence-corrected chi connectivity index (χ2v) is 2.41. The third-order valence-corrected chi connectivity index (χ3v) is 1.42. The van der Waals surface area contributed by atoms with Gasteiger partial charge in [-0.2, -0.15) is 0 Å². The van der Waals surface area contributed by atoms with E-state index < -0.39 is 17.9 Å². The van der Waals surface area contributed by atoms with Crippen LogP contribution in [-0.4, -0.2) is 37.8 Å². The van der Waals surface area contributed by atoms with Crippen LogP contribution in [0.15, 0.2) is 12.7 Å². The van der Waals surface area contributed by atoms with E-state index >= 15 is 0 Å². The molecule has 13 heavy (non-hydrogen) atoms. The highest BCUT2D eigenvalue weighted by Gasteiger charge is 2.17. The molecular formula is C6H8N4O3. The van der Waals surface area contributed by atoms with Crippen LogP contribution in [0, 0.1) is 0 Å². The van der Waals surface area contributed by atoms with Gasteiger partial charge >= 0.3 is 5.97 Å². The minimum absolute atomic E-state index is 0.270. The quantitative estimate of drug-likeness (QED) is 0.605. The third kappa shape index (κ3) is 2.34. The van der Waals surface area contributed by atoms with Gasteiger partial charge in [0.15, 0.2) is 0 Å². The Morgan fingerprint density at radius 2 is 2.00 bits per heavy atom. The van der Waals surface area contributed by atoms with Crippen molar-refractivity contribution in [3.8, 4) is 0 Å². The van der Waals surface area contributed by atoms with E-state index in [1.54, 1.807) is 0 Å². The van der Waals surface area contributed by atoms with Crippen molar-refractivity contribution in [2.45, 2.75) is 12.5 Å². The van der Waals surface area contributed by atoms with Crippen LogP contribution in [0.4, 0.5) is 0 Å². The van der Waals surface area contributed by atoms with E-state index in [9.17, 15) is 9.59 Å². The first-order valence-corrected chi connectivity index (χ1v) is 3.47. The first kappa shape index (κ1) is 9.33. The van der Waals surface area contributed by atoms with Crippen LogP contribution >= 0.6 is 0 Å². The molecule has 1 aromatic heterocycles. The topological polar surface area (TPSA) is 111 Å². The fourth-order valence-electron chi connectivity index (χ4n) is 0.710. The van der Waals surface area contributed by atoms with Crippen LogP contribution in [0.3, 0.4) is 0 Å². The molecule has 3 N–H and O–H groups in total. The second kappa shape index (κ2) is 3.76. The molecule has 0 aliphatic heterocycles. The van der Waals surface area contributed by atoms with Crippen LogP contribution in [0.1, 0.15) is 11.2 Å². The van der Waals surface area contributed by atoms with Crippen molar-refractivity contribution in [3.63, 3.8) is 0 Å². The predicted octanol–water partition coefficient (Wildman–Crippen LogP) is -1.28. The maximum absolute atomic E-state index is 11.2. The first-order valence-electron chi connectivity index (χ1n) is 3.47. The van der Waals surface area contributed by atoms with Gasteiger partial charge in [-0.3, -0.25) is 14.2 Å². The number of hydrogen-bond acceptors (Lipinski definition) is 5.